The van der Waals surface area contributed by atoms with Crippen LogP contribution in [0.1, 0.15) is 320 Å². The van der Waals surface area contributed by atoms with E-state index in [4.69, 9.17) is 28.4 Å². The fourth-order valence-electron chi connectivity index (χ4n) is 8.44. The number of ether oxygens (including phenoxy) is 7. The van der Waals surface area contributed by atoms with E-state index in [2.05, 4.69) is 80.6 Å². The molecule has 0 amide bonds. The number of hydrogen-bond acceptors (Lipinski definition) is 9. The van der Waals surface area contributed by atoms with Crippen molar-refractivity contribution in [1.82, 2.24) is 0 Å². The van der Waals surface area contributed by atoms with E-state index in [9.17, 15) is 9.59 Å². The maximum atomic E-state index is 13.1. The monoisotopic (exact) mass is 1050 g/mol. The van der Waals surface area contributed by atoms with E-state index >= 15 is 0 Å². The summed E-state index contributed by atoms with van der Waals surface area (Å²) in [6.45, 7) is 31.8. The summed E-state index contributed by atoms with van der Waals surface area (Å²) in [5.74, 6) is 2.14. The third kappa shape index (κ3) is 55.1. The van der Waals surface area contributed by atoms with Gasteiger partial charge >= 0.3 is 5.97 Å². The molecule has 0 saturated heterocycles. The number of rotatable bonds is 47. The van der Waals surface area contributed by atoms with Crippen molar-refractivity contribution in [1.29, 1.82) is 0 Å². The maximum Gasteiger partial charge on any atom is 0.306 e. The summed E-state index contributed by atoms with van der Waals surface area (Å²) in [6.07, 6.45) is 43.9. The fraction of sp³-hybridized carbons (Fsp3) is 0.938. The predicted molar refractivity (Wildman–Crippen MR) is 317 cm³/mol. The first-order chi connectivity index (χ1) is 36.0. The second-order valence-electron chi connectivity index (χ2n) is 21.6. The number of unbranched alkanes of at least 4 members (excludes halogenated alkanes) is 22. The first kappa shape index (κ1) is 76.6. The summed E-state index contributed by atoms with van der Waals surface area (Å²) in [4.78, 5) is 22.6. The molecule has 2 rings (SSSR count). The molecule has 0 aromatic heterocycles. The van der Waals surface area contributed by atoms with Crippen LogP contribution in [0.15, 0.2) is 12.3 Å². The number of allylic oxidation sites excluding steroid dienone is 1. The molecule has 0 N–H and O–H groups in total. The molecule has 4 unspecified atom stereocenters. The van der Waals surface area contributed by atoms with E-state index in [1.807, 2.05) is 6.92 Å². The van der Waals surface area contributed by atoms with Gasteiger partial charge in [0, 0.05) is 52.6 Å². The lowest BCUT2D eigenvalue weighted by Gasteiger charge is -2.24. The van der Waals surface area contributed by atoms with Crippen LogP contribution in [0.25, 0.3) is 0 Å². The quantitative estimate of drug-likeness (QED) is 0.0194. The topological polar surface area (TPSA) is 98.8 Å². The molecule has 0 spiro atoms. The highest BCUT2D eigenvalue weighted by Crippen LogP contribution is 2.37. The molecule has 2 aliphatic rings. The van der Waals surface area contributed by atoms with Crippen molar-refractivity contribution in [2.45, 2.75) is 351 Å². The summed E-state index contributed by atoms with van der Waals surface area (Å²) in [5, 5.41) is 0. The van der Waals surface area contributed by atoms with Gasteiger partial charge in [-0.05, 0) is 56.8 Å². The summed E-state index contributed by atoms with van der Waals surface area (Å²) in [7, 11) is 1.72. The van der Waals surface area contributed by atoms with Crippen molar-refractivity contribution in [3.8, 4) is 0 Å². The van der Waals surface area contributed by atoms with Gasteiger partial charge in [0.1, 0.15) is 12.2 Å². The van der Waals surface area contributed by atoms with Crippen molar-refractivity contribution in [3.05, 3.63) is 12.3 Å². The lowest BCUT2D eigenvalue weighted by molar-refractivity contribution is -0.165. The van der Waals surface area contributed by atoms with E-state index in [-0.39, 0.29) is 37.0 Å². The van der Waals surface area contributed by atoms with Crippen LogP contribution in [0, 0.1) is 11.8 Å². The molecule has 0 bridgehead atoms. The number of carbonyl (C=O) groups is 2. The zero-order chi connectivity index (χ0) is 55.6. The Bertz CT molecular complexity index is 1090. The predicted octanol–water partition coefficient (Wildman–Crippen LogP) is 20.0. The second-order valence-corrected chi connectivity index (χ2v) is 21.6. The lowest BCUT2D eigenvalue weighted by Crippen LogP contribution is -2.29. The van der Waals surface area contributed by atoms with Gasteiger partial charge in [0.2, 0.25) is 0 Å². The Morgan fingerprint density at radius 3 is 1.27 bits per heavy atom. The highest BCUT2D eigenvalue weighted by molar-refractivity contribution is 5.69. The third-order valence-electron chi connectivity index (χ3n) is 14.0. The van der Waals surface area contributed by atoms with Crippen LogP contribution >= 0.6 is 0 Å². The summed E-state index contributed by atoms with van der Waals surface area (Å²) >= 11 is 0. The van der Waals surface area contributed by atoms with Gasteiger partial charge in [-0.15, -0.1) is 0 Å². The maximum absolute atomic E-state index is 13.1. The zero-order valence-corrected chi connectivity index (χ0v) is 51.7. The Morgan fingerprint density at radius 1 is 0.514 bits per heavy atom. The molecule has 0 aromatic carbocycles. The molecular weight excluding hydrogens is 925 g/mol. The van der Waals surface area contributed by atoms with E-state index in [1.54, 1.807) is 7.11 Å². The largest absolute Gasteiger partial charge is 0.491 e. The van der Waals surface area contributed by atoms with Crippen LogP contribution in [0.2, 0.25) is 0 Å². The van der Waals surface area contributed by atoms with Crippen LogP contribution in [0.4, 0.5) is 0 Å². The van der Waals surface area contributed by atoms with Gasteiger partial charge in [-0.2, -0.15) is 0 Å². The van der Waals surface area contributed by atoms with E-state index in [0.29, 0.717) is 57.6 Å². The second kappa shape index (κ2) is 62.2. The summed E-state index contributed by atoms with van der Waals surface area (Å²) in [6, 6.07) is 0. The third-order valence-corrected chi connectivity index (χ3v) is 14.0. The van der Waals surface area contributed by atoms with Gasteiger partial charge in [0.15, 0.2) is 6.29 Å². The zero-order valence-electron chi connectivity index (χ0n) is 51.7. The van der Waals surface area contributed by atoms with E-state index < -0.39 is 0 Å². The van der Waals surface area contributed by atoms with E-state index in [1.165, 1.54) is 173 Å². The van der Waals surface area contributed by atoms with Gasteiger partial charge in [0.25, 0.3) is 6.47 Å². The van der Waals surface area contributed by atoms with Crippen LogP contribution in [0.3, 0.4) is 0 Å². The van der Waals surface area contributed by atoms with Gasteiger partial charge in [-0.1, -0.05) is 250 Å². The normalized spacial score (nSPS) is 16.2. The standard InChI is InChI=1S/C42H78O7.C9H20.C6H14.C5H10O2.C3H8/c1-6-9-12-15-18-21-30-45-38(36-25-26-36)27-24-35(4)48-39-33-37(44-5)34-40(39)49-41(43)28-29-42(46-31-22-19-16-13-10-7-2)47-32-23-20-17-14-11-8-3;1-3-5-7-9-8-6-4-2;1-4-6(3)5-2;1-2-3-4-7-5-6;1-3-2/h36-40,42H,4,6-34H2,1-3,5H3;3-9H2,1-2H3;6H,4-5H2,1-3H3;5H,2-4H2,1H3;3H2,1-2H3. The molecule has 4 atom stereocenters. The van der Waals surface area contributed by atoms with Gasteiger partial charge in [-0.3, -0.25) is 9.59 Å². The highest BCUT2D eigenvalue weighted by atomic mass is 16.7. The molecule has 2 aliphatic carbocycles. The fourth-order valence-corrected chi connectivity index (χ4v) is 8.44. The Labute approximate surface area is 462 Å². The molecule has 74 heavy (non-hydrogen) atoms. The van der Waals surface area contributed by atoms with Crippen molar-refractivity contribution in [3.63, 3.8) is 0 Å². The first-order valence-electron chi connectivity index (χ1n) is 32.0. The average Bonchev–Trinajstić information content (AvgIpc) is 4.19. The summed E-state index contributed by atoms with van der Waals surface area (Å²) < 4.78 is 41.1. The number of carbonyl (C=O) groups excluding carboxylic acids is 2. The molecule has 0 heterocycles. The van der Waals surface area contributed by atoms with Crippen LogP contribution in [-0.2, 0) is 42.7 Å². The van der Waals surface area contributed by atoms with Crippen molar-refractivity contribution in [2.75, 3.05) is 33.5 Å². The molecule has 2 saturated carbocycles. The first-order valence-corrected chi connectivity index (χ1v) is 32.0. The molecule has 0 aliphatic heterocycles. The van der Waals surface area contributed by atoms with Gasteiger partial charge in [0.05, 0.1) is 31.0 Å². The molecule has 9 heteroatoms. The van der Waals surface area contributed by atoms with E-state index in [0.717, 1.165) is 63.2 Å². The average molecular weight is 1060 g/mol. The van der Waals surface area contributed by atoms with Crippen molar-refractivity contribution >= 4 is 12.4 Å². The molecular formula is C65H130O9. The number of hydrogen-bond donors (Lipinski definition) is 0. The number of methoxy groups -OCH3 is 1. The van der Waals surface area contributed by atoms with Crippen LogP contribution in [-0.4, -0.2) is 76.7 Å². The molecule has 9 nitrogen and oxygen atoms in total. The number of esters is 1. The molecule has 0 radical (unpaired) electrons. The Morgan fingerprint density at radius 2 is 0.905 bits per heavy atom. The van der Waals surface area contributed by atoms with Crippen LogP contribution < -0.4 is 0 Å². The Hall–Kier alpha value is -1.68. The minimum atomic E-state index is -0.372. The van der Waals surface area contributed by atoms with Crippen molar-refractivity contribution in [2.24, 2.45) is 11.8 Å². The minimum absolute atomic E-state index is 0.00420. The highest BCUT2D eigenvalue weighted by Gasteiger charge is 2.39. The smallest absolute Gasteiger partial charge is 0.306 e. The van der Waals surface area contributed by atoms with Gasteiger partial charge in [-0.25, -0.2) is 0 Å². The van der Waals surface area contributed by atoms with Gasteiger partial charge < -0.3 is 33.2 Å². The molecule has 2 fully saturated rings. The SMILES string of the molecule is C=C(CCC(OCCCCCCCC)C1CC1)OC1CC(OC)CC1OC(=O)CCC(OCCCCCCCC)OCCCCCCCC.CCC.CCC(C)CC.CCCCCCCCC.CCCCOC=O. The van der Waals surface area contributed by atoms with Crippen molar-refractivity contribution < 1.29 is 42.7 Å². The minimum Gasteiger partial charge on any atom is -0.491 e. The lowest BCUT2D eigenvalue weighted by atomic mass is 10.1. The molecule has 0 aromatic rings. The van der Waals surface area contributed by atoms with Crippen LogP contribution in [0.5, 0.6) is 0 Å². The Kier molecular flexibility index (Phi) is 64.3. The summed E-state index contributed by atoms with van der Waals surface area (Å²) in [5.41, 5.74) is 0. The molecule has 444 valence electrons. The Balaban J connectivity index is -0.00000164.